The van der Waals surface area contributed by atoms with Crippen LogP contribution in [0.5, 0.6) is 0 Å². The van der Waals surface area contributed by atoms with Crippen LogP contribution in [0.2, 0.25) is 0 Å². The van der Waals surface area contributed by atoms with Crippen LogP contribution in [0.4, 0.5) is 0 Å². The van der Waals surface area contributed by atoms with Gasteiger partial charge >= 0.3 is 17.1 Å². The molecule has 0 aromatic carbocycles. The molecule has 3 aliphatic rings. The Morgan fingerprint density at radius 1 is 0.960 bits per heavy atom. The number of rotatable bonds is 4. The normalized spacial score (nSPS) is 30.6. The Hall–Kier alpha value is 0.429. The summed E-state index contributed by atoms with van der Waals surface area (Å²) < 4.78 is 30.0. The van der Waals surface area contributed by atoms with Crippen molar-refractivity contribution in [1.82, 2.24) is 0 Å². The summed E-state index contributed by atoms with van der Waals surface area (Å²) in [6, 6.07) is 0. The zero-order chi connectivity index (χ0) is 17.6. The average Bonchev–Trinajstić information content (AvgIpc) is 3.23. The van der Waals surface area contributed by atoms with E-state index < -0.39 is 10.1 Å². The summed E-state index contributed by atoms with van der Waals surface area (Å²) in [6.07, 6.45) is 19.5. The predicted octanol–water partition coefficient (Wildman–Crippen LogP) is 4.18. The zero-order valence-corrected chi connectivity index (χ0v) is 17.0. The second kappa shape index (κ2) is 11.3. The van der Waals surface area contributed by atoms with Crippen molar-refractivity contribution >= 4 is 10.1 Å². The van der Waals surface area contributed by atoms with Crippen LogP contribution in [0.1, 0.15) is 40.0 Å². The van der Waals surface area contributed by atoms with Crippen LogP contribution in [0.15, 0.2) is 0 Å². The molecule has 10 radical (unpaired) electrons. The zero-order valence-electron chi connectivity index (χ0n) is 15.1. The van der Waals surface area contributed by atoms with E-state index >= 15 is 0 Å². The molecule has 0 bridgehead atoms. The molecule has 0 aliphatic heterocycles. The Bertz CT molecular complexity index is 446. The van der Waals surface area contributed by atoms with Gasteiger partial charge < -0.3 is 0 Å². The third kappa shape index (κ3) is 7.52. The monoisotopic (exact) mass is 404 g/mol. The Kier molecular flexibility index (Phi) is 10.6. The molecule has 3 rings (SSSR count). The molecule has 0 aromatic rings. The smallest absolute Gasteiger partial charge is 0.266 e. The maximum absolute atomic E-state index is 12.2. The first kappa shape index (κ1) is 23.5. The summed E-state index contributed by atoms with van der Waals surface area (Å²) in [7, 11) is -3.61. The van der Waals surface area contributed by atoms with E-state index in [-0.39, 0.29) is 28.4 Å². The second-order valence-electron chi connectivity index (χ2n) is 7.00. The van der Waals surface area contributed by atoms with E-state index in [1.54, 1.807) is 25.7 Å². The van der Waals surface area contributed by atoms with Gasteiger partial charge in [-0.3, -0.25) is 4.18 Å². The maximum Gasteiger partial charge on any atom is 2.00 e. The van der Waals surface area contributed by atoms with Crippen molar-refractivity contribution < 1.29 is 29.7 Å². The number of hydrogen-bond acceptors (Lipinski definition) is 3. The molecule has 25 heavy (non-hydrogen) atoms. The summed E-state index contributed by atoms with van der Waals surface area (Å²) in [6.45, 7) is 6.46. The topological polar surface area (TPSA) is 43.4 Å². The summed E-state index contributed by atoms with van der Waals surface area (Å²) in [5.74, 6) is 1.32. The molecule has 0 amide bonds. The SMILES string of the molecule is CC(C)[C@@H]1CC[C@@H](C)C[C@H]1OS(=O)(=O)[C]1[CH][CH][CH][CH]1.[CH]1[CH][CH][CH][CH]1.[Fe+2]. The Morgan fingerprint density at radius 3 is 1.96 bits per heavy atom. The minimum absolute atomic E-state index is 0. The van der Waals surface area contributed by atoms with E-state index in [0.29, 0.717) is 17.8 Å². The van der Waals surface area contributed by atoms with Crippen LogP contribution in [0.25, 0.3) is 0 Å². The third-order valence-electron chi connectivity index (χ3n) is 4.69. The van der Waals surface area contributed by atoms with Crippen molar-refractivity contribution in [2.24, 2.45) is 17.8 Å². The first-order valence-corrected chi connectivity index (χ1v) is 10.1. The van der Waals surface area contributed by atoms with Gasteiger partial charge in [-0.15, -0.1) is 0 Å². The van der Waals surface area contributed by atoms with Crippen LogP contribution in [0, 0.1) is 80.8 Å². The Labute approximate surface area is 166 Å². The van der Waals surface area contributed by atoms with Gasteiger partial charge in [0, 0.05) is 0 Å². The Morgan fingerprint density at radius 2 is 1.48 bits per heavy atom. The van der Waals surface area contributed by atoms with Crippen molar-refractivity contribution in [3.8, 4) is 0 Å². The van der Waals surface area contributed by atoms with E-state index in [4.69, 9.17) is 4.18 Å². The summed E-state index contributed by atoms with van der Waals surface area (Å²) >= 11 is 0. The van der Waals surface area contributed by atoms with Crippen LogP contribution in [-0.2, 0) is 31.4 Å². The van der Waals surface area contributed by atoms with Crippen LogP contribution >= 0.6 is 0 Å². The quantitative estimate of drug-likeness (QED) is 0.522. The van der Waals surface area contributed by atoms with E-state index in [1.165, 1.54) is 6.42 Å². The largest absolute Gasteiger partial charge is 2.00 e. The van der Waals surface area contributed by atoms with E-state index in [0.717, 1.165) is 12.8 Å². The Balaban J connectivity index is 0.000000448. The second-order valence-corrected chi connectivity index (χ2v) is 8.57. The summed E-state index contributed by atoms with van der Waals surface area (Å²) in [5.41, 5.74) is 0. The van der Waals surface area contributed by atoms with Crippen molar-refractivity contribution in [1.29, 1.82) is 0 Å². The van der Waals surface area contributed by atoms with Gasteiger partial charge in [0.05, 0.1) is 6.10 Å². The maximum atomic E-state index is 12.2. The van der Waals surface area contributed by atoms with Gasteiger partial charge in [-0.1, -0.05) is 27.2 Å². The molecular formula is C20H28FeO3S+2. The first-order valence-electron chi connectivity index (χ1n) is 8.72. The van der Waals surface area contributed by atoms with Crippen molar-refractivity contribution in [3.63, 3.8) is 0 Å². The molecule has 0 aromatic heterocycles. The molecule has 3 aliphatic carbocycles. The van der Waals surface area contributed by atoms with E-state index in [2.05, 4.69) is 20.8 Å². The minimum Gasteiger partial charge on any atom is -0.266 e. The van der Waals surface area contributed by atoms with E-state index in [9.17, 15) is 8.42 Å². The summed E-state index contributed by atoms with van der Waals surface area (Å²) in [4.78, 5) is 0. The van der Waals surface area contributed by atoms with Crippen molar-refractivity contribution in [2.75, 3.05) is 0 Å². The van der Waals surface area contributed by atoms with Gasteiger partial charge in [-0.2, -0.15) is 8.42 Å². The molecule has 138 valence electrons. The number of hydrogen-bond donors (Lipinski definition) is 0. The van der Waals surface area contributed by atoms with Gasteiger partial charge in [0.1, 0.15) is 5.25 Å². The van der Waals surface area contributed by atoms with Gasteiger partial charge in [0.2, 0.25) is 0 Å². The fraction of sp³-hybridized carbons (Fsp3) is 0.500. The molecule has 3 fully saturated rings. The van der Waals surface area contributed by atoms with Crippen LogP contribution < -0.4 is 0 Å². The summed E-state index contributed by atoms with van der Waals surface area (Å²) in [5, 5.41) is 0.272. The molecule has 5 heteroatoms. The van der Waals surface area contributed by atoms with Gasteiger partial charge in [-0.25, -0.2) is 0 Å². The van der Waals surface area contributed by atoms with Crippen LogP contribution in [-0.4, -0.2) is 14.5 Å². The predicted molar refractivity (Wildman–Crippen MR) is 97.1 cm³/mol. The first-order chi connectivity index (χ1) is 11.4. The fourth-order valence-electron chi connectivity index (χ4n) is 3.29. The van der Waals surface area contributed by atoms with Crippen LogP contribution in [0.3, 0.4) is 0 Å². The molecule has 3 saturated carbocycles. The molecule has 0 spiro atoms. The average molecular weight is 404 g/mol. The molecule has 0 unspecified atom stereocenters. The van der Waals surface area contributed by atoms with Crippen molar-refractivity contribution in [3.05, 3.63) is 63.0 Å². The molecule has 0 N–H and O–H groups in total. The van der Waals surface area contributed by atoms with Gasteiger partial charge in [-0.05, 0) is 88.4 Å². The minimum atomic E-state index is -3.61. The molecule has 0 heterocycles. The molecule has 3 nitrogen and oxygen atoms in total. The van der Waals surface area contributed by atoms with Gasteiger partial charge in [0.15, 0.2) is 0 Å². The van der Waals surface area contributed by atoms with Crippen molar-refractivity contribution in [2.45, 2.75) is 46.1 Å². The molecular weight excluding hydrogens is 376 g/mol. The van der Waals surface area contributed by atoms with Gasteiger partial charge in [0.25, 0.3) is 10.1 Å². The third-order valence-corrected chi connectivity index (χ3v) is 6.04. The fourth-order valence-corrected chi connectivity index (χ4v) is 4.44. The molecule has 0 saturated heterocycles. The van der Waals surface area contributed by atoms with E-state index in [1.807, 2.05) is 32.1 Å². The standard InChI is InChI=1S/C15H23O3S.C5H5.Fe/c1-11(2)14-9-8-12(3)10-15(14)18-19(16,17)13-6-4-5-7-13;1-2-4-5-3-1;/h4-7,11-12,14-15H,8-10H2,1-3H3;1-5H;/q;;+2/t12-,14+,15-;;/m1../s1. The molecule has 3 atom stereocenters.